The van der Waals surface area contributed by atoms with E-state index in [0.717, 1.165) is 5.56 Å². The molecule has 128 valence electrons. The van der Waals surface area contributed by atoms with Crippen LogP contribution in [-0.4, -0.2) is 41.3 Å². The predicted molar refractivity (Wildman–Crippen MR) is 86.0 cm³/mol. The van der Waals surface area contributed by atoms with Crippen LogP contribution >= 0.6 is 0 Å². The zero-order valence-electron chi connectivity index (χ0n) is 14.0. The highest BCUT2D eigenvalue weighted by molar-refractivity contribution is 5.77. The number of benzene rings is 1. The maximum absolute atomic E-state index is 11.7. The van der Waals surface area contributed by atoms with Crippen LogP contribution in [0.3, 0.4) is 0 Å². The van der Waals surface area contributed by atoms with E-state index < -0.39 is 29.7 Å². The number of carboxylic acids is 1. The van der Waals surface area contributed by atoms with E-state index in [1.165, 1.54) is 0 Å². The van der Waals surface area contributed by atoms with Gasteiger partial charge in [0.25, 0.3) is 0 Å². The second kappa shape index (κ2) is 8.64. The van der Waals surface area contributed by atoms with E-state index in [1.807, 2.05) is 30.3 Å². The summed E-state index contributed by atoms with van der Waals surface area (Å²) in [5, 5.41) is 12.0. The monoisotopic (exact) mass is 323 g/mol. The summed E-state index contributed by atoms with van der Waals surface area (Å²) < 4.78 is 10.7. The van der Waals surface area contributed by atoms with Gasteiger partial charge in [-0.05, 0) is 33.3 Å². The maximum atomic E-state index is 11.7. The van der Waals surface area contributed by atoms with Gasteiger partial charge in [-0.2, -0.15) is 0 Å². The lowest BCUT2D eigenvalue weighted by atomic mass is 10.1. The highest BCUT2D eigenvalue weighted by Crippen LogP contribution is 2.08. The van der Waals surface area contributed by atoms with Crippen LogP contribution in [0.2, 0.25) is 0 Å². The summed E-state index contributed by atoms with van der Waals surface area (Å²) in [7, 11) is 0. The van der Waals surface area contributed by atoms with Crippen molar-refractivity contribution in [1.29, 1.82) is 0 Å². The second-order valence-corrected chi connectivity index (χ2v) is 6.28. The molecule has 0 saturated carbocycles. The molecule has 2 unspecified atom stereocenters. The quantitative estimate of drug-likeness (QED) is 0.712. The molecule has 1 aromatic rings. The molecule has 0 aliphatic heterocycles. The Balaban J connectivity index is 2.50. The minimum absolute atomic E-state index is 0.187. The largest absolute Gasteiger partial charge is 0.480 e. The Morgan fingerprint density at radius 3 is 2.35 bits per heavy atom. The molecule has 6 heteroatoms. The summed E-state index contributed by atoms with van der Waals surface area (Å²) in [6, 6.07) is 8.48. The highest BCUT2D eigenvalue weighted by Gasteiger charge is 2.26. The first-order chi connectivity index (χ1) is 10.7. The molecule has 0 aromatic heterocycles. The van der Waals surface area contributed by atoms with Crippen LogP contribution in [0.15, 0.2) is 30.3 Å². The summed E-state index contributed by atoms with van der Waals surface area (Å²) >= 11 is 0. The SMILES string of the molecule is CC(OCc1ccccc1)C(NCC(=O)OC(C)(C)C)C(=O)O. The Morgan fingerprint density at radius 1 is 1.22 bits per heavy atom. The highest BCUT2D eigenvalue weighted by atomic mass is 16.6. The number of carbonyl (C=O) groups is 2. The van der Waals surface area contributed by atoms with Crippen LogP contribution in [0.25, 0.3) is 0 Å². The van der Waals surface area contributed by atoms with Crippen LogP contribution in [-0.2, 0) is 25.7 Å². The molecule has 2 atom stereocenters. The lowest BCUT2D eigenvalue weighted by Gasteiger charge is -2.23. The Hall–Kier alpha value is -1.92. The van der Waals surface area contributed by atoms with Crippen molar-refractivity contribution in [2.45, 2.75) is 52.0 Å². The van der Waals surface area contributed by atoms with Gasteiger partial charge in [-0.3, -0.25) is 14.9 Å². The molecule has 0 bridgehead atoms. The van der Waals surface area contributed by atoms with Gasteiger partial charge in [0.15, 0.2) is 0 Å². The van der Waals surface area contributed by atoms with Gasteiger partial charge in [0.2, 0.25) is 0 Å². The topological polar surface area (TPSA) is 84.9 Å². The summed E-state index contributed by atoms with van der Waals surface area (Å²) in [5.74, 6) is -1.58. The van der Waals surface area contributed by atoms with Crippen molar-refractivity contribution in [2.75, 3.05) is 6.54 Å². The number of esters is 1. The fraction of sp³-hybridized carbons (Fsp3) is 0.529. The van der Waals surface area contributed by atoms with Crippen molar-refractivity contribution in [3.05, 3.63) is 35.9 Å². The first-order valence-electron chi connectivity index (χ1n) is 7.52. The minimum atomic E-state index is -1.07. The molecule has 0 spiro atoms. The average Bonchev–Trinajstić information content (AvgIpc) is 2.44. The Morgan fingerprint density at radius 2 is 1.83 bits per heavy atom. The van der Waals surface area contributed by atoms with Crippen LogP contribution in [0, 0.1) is 0 Å². The van der Waals surface area contributed by atoms with E-state index >= 15 is 0 Å². The molecule has 0 fully saturated rings. The number of rotatable bonds is 8. The number of carbonyl (C=O) groups excluding carboxylic acids is 1. The van der Waals surface area contributed by atoms with Gasteiger partial charge < -0.3 is 14.6 Å². The standard InChI is InChI=1S/C17H25NO5/c1-12(22-11-13-8-6-5-7-9-13)15(16(20)21)18-10-14(19)23-17(2,3)4/h5-9,12,15,18H,10-11H2,1-4H3,(H,20,21). The number of hydrogen-bond donors (Lipinski definition) is 2. The summed E-state index contributed by atoms with van der Waals surface area (Å²) in [4.78, 5) is 23.0. The third kappa shape index (κ3) is 7.76. The van der Waals surface area contributed by atoms with E-state index in [9.17, 15) is 14.7 Å². The number of nitrogens with one attached hydrogen (secondary N) is 1. The number of carboxylic acid groups (broad SMARTS) is 1. The van der Waals surface area contributed by atoms with Crippen LogP contribution in [0.1, 0.15) is 33.3 Å². The average molecular weight is 323 g/mol. The molecule has 0 radical (unpaired) electrons. The van der Waals surface area contributed by atoms with Gasteiger partial charge in [0.1, 0.15) is 11.6 Å². The van der Waals surface area contributed by atoms with E-state index in [-0.39, 0.29) is 6.54 Å². The summed E-state index contributed by atoms with van der Waals surface area (Å²) in [6.45, 7) is 7.04. The lowest BCUT2D eigenvalue weighted by molar-refractivity contribution is -0.154. The van der Waals surface area contributed by atoms with Gasteiger partial charge in [0.05, 0.1) is 19.3 Å². The van der Waals surface area contributed by atoms with Crippen molar-refractivity contribution in [3.63, 3.8) is 0 Å². The molecule has 0 aliphatic carbocycles. The summed E-state index contributed by atoms with van der Waals surface area (Å²) in [6.07, 6.45) is -0.602. The van der Waals surface area contributed by atoms with E-state index in [0.29, 0.717) is 6.61 Å². The van der Waals surface area contributed by atoms with Crippen molar-refractivity contribution >= 4 is 11.9 Å². The molecular weight excluding hydrogens is 298 g/mol. The normalized spacial score (nSPS) is 14.1. The Bertz CT molecular complexity index is 509. The number of aliphatic carboxylic acids is 1. The fourth-order valence-electron chi connectivity index (χ4n) is 1.92. The Labute approximate surface area is 136 Å². The van der Waals surface area contributed by atoms with Crippen LogP contribution in [0.5, 0.6) is 0 Å². The van der Waals surface area contributed by atoms with E-state index in [2.05, 4.69) is 5.32 Å². The molecule has 1 rings (SSSR count). The molecule has 0 aliphatic rings. The zero-order valence-corrected chi connectivity index (χ0v) is 14.0. The minimum Gasteiger partial charge on any atom is -0.480 e. The first kappa shape index (κ1) is 19.1. The van der Waals surface area contributed by atoms with Crippen molar-refractivity contribution < 1.29 is 24.2 Å². The molecular formula is C17H25NO5. The van der Waals surface area contributed by atoms with Gasteiger partial charge in [-0.25, -0.2) is 0 Å². The number of hydrogen-bond acceptors (Lipinski definition) is 5. The third-order valence-corrected chi connectivity index (χ3v) is 2.98. The van der Waals surface area contributed by atoms with E-state index in [4.69, 9.17) is 9.47 Å². The van der Waals surface area contributed by atoms with Gasteiger partial charge >= 0.3 is 11.9 Å². The van der Waals surface area contributed by atoms with Crippen LogP contribution in [0.4, 0.5) is 0 Å². The first-order valence-corrected chi connectivity index (χ1v) is 7.52. The molecule has 23 heavy (non-hydrogen) atoms. The van der Waals surface area contributed by atoms with E-state index in [1.54, 1.807) is 27.7 Å². The molecule has 0 amide bonds. The van der Waals surface area contributed by atoms with Crippen molar-refractivity contribution in [2.24, 2.45) is 0 Å². The Kier molecular flexibility index (Phi) is 7.19. The van der Waals surface area contributed by atoms with Gasteiger partial charge in [-0.15, -0.1) is 0 Å². The second-order valence-electron chi connectivity index (χ2n) is 6.28. The molecule has 6 nitrogen and oxygen atoms in total. The third-order valence-electron chi connectivity index (χ3n) is 2.98. The zero-order chi connectivity index (χ0) is 17.5. The molecule has 1 aromatic carbocycles. The number of ether oxygens (including phenoxy) is 2. The van der Waals surface area contributed by atoms with Gasteiger partial charge in [-0.1, -0.05) is 30.3 Å². The van der Waals surface area contributed by atoms with Crippen molar-refractivity contribution in [1.82, 2.24) is 5.32 Å². The fourth-order valence-corrected chi connectivity index (χ4v) is 1.92. The van der Waals surface area contributed by atoms with Crippen molar-refractivity contribution in [3.8, 4) is 0 Å². The predicted octanol–water partition coefficient (Wildman–Crippen LogP) is 1.98. The van der Waals surface area contributed by atoms with Crippen LogP contribution < -0.4 is 5.32 Å². The van der Waals surface area contributed by atoms with Gasteiger partial charge in [0, 0.05) is 0 Å². The molecule has 2 N–H and O–H groups in total. The lowest BCUT2D eigenvalue weighted by Crippen LogP contribution is -2.48. The smallest absolute Gasteiger partial charge is 0.323 e. The molecule has 0 heterocycles. The maximum Gasteiger partial charge on any atom is 0.323 e. The molecule has 0 saturated heterocycles. The summed E-state index contributed by atoms with van der Waals surface area (Å²) in [5.41, 5.74) is 0.350.